The quantitative estimate of drug-likeness (QED) is 0.0854. The van der Waals surface area contributed by atoms with Crippen LogP contribution < -0.4 is 10.5 Å². The van der Waals surface area contributed by atoms with Crippen LogP contribution in [0.15, 0.2) is 24.3 Å². The van der Waals surface area contributed by atoms with Gasteiger partial charge in [0, 0.05) is 24.1 Å². The first-order valence-corrected chi connectivity index (χ1v) is 11.5. The van der Waals surface area contributed by atoms with E-state index in [4.69, 9.17) is 10.5 Å². The van der Waals surface area contributed by atoms with Gasteiger partial charge >= 0.3 is 5.97 Å². The number of hydrogen-bond donors (Lipinski definition) is 1. The zero-order chi connectivity index (χ0) is 22.4. The maximum absolute atomic E-state index is 12.1. The predicted molar refractivity (Wildman–Crippen MR) is 132 cm³/mol. The normalized spacial score (nSPS) is 12.1. The van der Waals surface area contributed by atoms with Crippen molar-refractivity contribution in [3.8, 4) is 5.75 Å². The first-order chi connectivity index (χ1) is 14.2. The molecule has 0 fully saturated rings. The van der Waals surface area contributed by atoms with Gasteiger partial charge in [-0.05, 0) is 51.2 Å². The summed E-state index contributed by atoms with van der Waals surface area (Å²) in [5.41, 5.74) is 6.10. The van der Waals surface area contributed by atoms with E-state index in [2.05, 4.69) is 20.8 Å². The first-order valence-electron chi connectivity index (χ1n) is 11.5. The van der Waals surface area contributed by atoms with Crippen LogP contribution in [0.2, 0.25) is 0 Å². The zero-order valence-electron chi connectivity index (χ0n) is 19.4. The van der Waals surface area contributed by atoms with Crippen molar-refractivity contribution >= 4 is 28.6 Å². The van der Waals surface area contributed by atoms with Crippen molar-refractivity contribution in [3.63, 3.8) is 0 Å². The average Bonchev–Trinajstić information content (AvgIpc) is 2.68. The minimum atomic E-state index is -0.479. The molecule has 0 aliphatic rings. The van der Waals surface area contributed by atoms with Crippen LogP contribution in [0, 0.1) is 16.0 Å². The van der Waals surface area contributed by atoms with Crippen LogP contribution in [0.4, 0.5) is 5.69 Å². The molecule has 0 aromatic heterocycles. The number of carbonyl (C=O) groups excluding carboxylic acids is 1. The first kappa shape index (κ1) is 29.5. The summed E-state index contributed by atoms with van der Waals surface area (Å²) in [6, 6.07) is 5.56. The molecule has 0 spiro atoms. The minimum Gasteiger partial charge on any atom is -0.427 e. The van der Waals surface area contributed by atoms with Crippen molar-refractivity contribution in [2.24, 2.45) is 11.7 Å². The molecular formula is C24H41BrN2O4. The summed E-state index contributed by atoms with van der Waals surface area (Å²) >= 11 is 0. The summed E-state index contributed by atoms with van der Waals surface area (Å²) in [7, 11) is 0. The van der Waals surface area contributed by atoms with Gasteiger partial charge in [0.2, 0.25) is 0 Å². The van der Waals surface area contributed by atoms with Crippen molar-refractivity contribution in [3.05, 3.63) is 34.4 Å². The molecule has 0 amide bonds. The fourth-order valence-electron chi connectivity index (χ4n) is 3.72. The van der Waals surface area contributed by atoms with Gasteiger partial charge in [-0.15, -0.1) is 17.0 Å². The molecule has 0 aliphatic heterocycles. The maximum Gasteiger partial charge on any atom is 0.311 e. The van der Waals surface area contributed by atoms with Crippen LogP contribution in [0.5, 0.6) is 5.75 Å². The number of halogens is 1. The number of benzene rings is 1. The lowest BCUT2D eigenvalue weighted by molar-refractivity contribution is -0.384. The average molecular weight is 502 g/mol. The van der Waals surface area contributed by atoms with Gasteiger partial charge in [0.25, 0.3) is 5.69 Å². The van der Waals surface area contributed by atoms with Crippen molar-refractivity contribution in [2.45, 2.75) is 103 Å². The van der Waals surface area contributed by atoms with Crippen LogP contribution in [0.25, 0.3) is 0 Å². The Bertz CT molecular complexity index is 629. The van der Waals surface area contributed by atoms with E-state index in [-0.39, 0.29) is 34.2 Å². The van der Waals surface area contributed by atoms with E-state index in [1.54, 1.807) is 0 Å². The van der Waals surface area contributed by atoms with Crippen molar-refractivity contribution in [1.29, 1.82) is 0 Å². The zero-order valence-corrected chi connectivity index (χ0v) is 21.2. The van der Waals surface area contributed by atoms with E-state index in [0.29, 0.717) is 18.1 Å². The monoisotopic (exact) mass is 500 g/mol. The summed E-state index contributed by atoms with van der Waals surface area (Å²) in [4.78, 5) is 22.3. The van der Waals surface area contributed by atoms with E-state index in [0.717, 1.165) is 19.3 Å². The molecular weight excluding hydrogens is 460 g/mol. The van der Waals surface area contributed by atoms with Crippen molar-refractivity contribution < 1.29 is 14.5 Å². The number of rotatable bonds is 16. The van der Waals surface area contributed by atoms with Crippen LogP contribution >= 0.6 is 17.0 Å². The Hall–Kier alpha value is -1.47. The molecule has 1 atom stereocenters. The Morgan fingerprint density at radius 2 is 1.52 bits per heavy atom. The largest absolute Gasteiger partial charge is 0.427 e. The third-order valence-electron chi connectivity index (χ3n) is 5.67. The van der Waals surface area contributed by atoms with Gasteiger partial charge in [0.1, 0.15) is 5.75 Å². The molecule has 7 heteroatoms. The minimum absolute atomic E-state index is 0. The number of esters is 1. The molecule has 0 bridgehead atoms. The number of nitro benzene ring substituents is 1. The van der Waals surface area contributed by atoms with Gasteiger partial charge in [-0.25, -0.2) is 0 Å². The van der Waals surface area contributed by atoms with Crippen LogP contribution in [-0.4, -0.2) is 16.4 Å². The molecule has 0 saturated carbocycles. The molecule has 6 nitrogen and oxygen atoms in total. The summed E-state index contributed by atoms with van der Waals surface area (Å²) in [6.07, 6.45) is 13.4. The van der Waals surface area contributed by atoms with Crippen LogP contribution in [-0.2, 0) is 4.79 Å². The fraction of sp³-hybridized carbons (Fsp3) is 0.708. The highest BCUT2D eigenvalue weighted by atomic mass is 79.9. The molecule has 178 valence electrons. The predicted octanol–water partition coefficient (Wildman–Crippen LogP) is 7.13. The van der Waals surface area contributed by atoms with Crippen molar-refractivity contribution in [1.82, 2.24) is 0 Å². The smallest absolute Gasteiger partial charge is 0.311 e. The van der Waals surface area contributed by atoms with Gasteiger partial charge in [-0.1, -0.05) is 58.3 Å². The number of unbranched alkanes of at least 4 members (excludes halogenated alkanes) is 7. The number of hydrogen-bond acceptors (Lipinski definition) is 5. The molecule has 0 saturated heterocycles. The number of ether oxygens (including phenoxy) is 1. The highest BCUT2D eigenvalue weighted by Gasteiger charge is 2.24. The Morgan fingerprint density at radius 1 is 1.00 bits per heavy atom. The van der Waals surface area contributed by atoms with E-state index < -0.39 is 4.92 Å². The van der Waals surface area contributed by atoms with E-state index in [1.807, 2.05) is 0 Å². The topological polar surface area (TPSA) is 95.5 Å². The number of nitrogens with two attached hydrogens (primary N) is 1. The van der Waals surface area contributed by atoms with E-state index >= 15 is 0 Å². The van der Waals surface area contributed by atoms with E-state index in [1.165, 1.54) is 75.6 Å². The fourth-order valence-corrected chi connectivity index (χ4v) is 3.72. The highest BCUT2D eigenvalue weighted by molar-refractivity contribution is 8.93. The molecule has 0 aliphatic carbocycles. The molecule has 0 heterocycles. The summed E-state index contributed by atoms with van der Waals surface area (Å²) in [6.45, 7) is 6.37. The third-order valence-corrected chi connectivity index (χ3v) is 5.67. The molecule has 2 N–H and O–H groups in total. The summed E-state index contributed by atoms with van der Waals surface area (Å²) < 4.78 is 5.28. The van der Waals surface area contributed by atoms with Crippen LogP contribution in [0.3, 0.4) is 0 Å². The Kier molecular flexibility index (Phi) is 15.4. The van der Waals surface area contributed by atoms with Gasteiger partial charge in [-0.3, -0.25) is 14.9 Å². The Morgan fingerprint density at radius 3 is 2.03 bits per heavy atom. The van der Waals surface area contributed by atoms with Gasteiger partial charge in [0.05, 0.1) is 4.92 Å². The van der Waals surface area contributed by atoms with E-state index in [9.17, 15) is 14.9 Å². The Labute approximate surface area is 198 Å². The number of non-ortho nitro benzene ring substituents is 1. The Balaban J connectivity index is 0.00000900. The standard InChI is InChI=1S/C24H40N2O4.BrH/c1-4-5-6-7-8-9-10-11-13-20(24(2,3)25)14-12-15-23(27)30-22-18-16-21(17-19-22)26(28)29;/h16-20H,4-15,25H2,1-3H3;1H. The number of carbonyl (C=O) groups is 1. The molecule has 1 aromatic carbocycles. The third kappa shape index (κ3) is 13.5. The number of nitrogens with zero attached hydrogens (tertiary/aromatic N) is 1. The number of nitro groups is 1. The van der Waals surface area contributed by atoms with Gasteiger partial charge in [-0.2, -0.15) is 0 Å². The summed E-state index contributed by atoms with van der Waals surface area (Å²) in [5.74, 6) is 0.398. The molecule has 0 radical (unpaired) electrons. The lowest BCUT2D eigenvalue weighted by Gasteiger charge is -2.31. The summed E-state index contributed by atoms with van der Waals surface area (Å²) in [5, 5.41) is 10.7. The molecule has 1 unspecified atom stereocenters. The SMILES string of the molecule is Br.CCCCCCCCCCC(CCCC(=O)Oc1ccc([N+](=O)[O-])cc1)C(C)(C)N. The van der Waals surface area contributed by atoms with Crippen LogP contribution in [0.1, 0.15) is 97.8 Å². The lowest BCUT2D eigenvalue weighted by atomic mass is 9.81. The molecule has 1 rings (SSSR count). The lowest BCUT2D eigenvalue weighted by Crippen LogP contribution is -2.41. The maximum atomic E-state index is 12.1. The molecule has 1 aromatic rings. The van der Waals surface area contributed by atoms with Crippen molar-refractivity contribution in [2.75, 3.05) is 0 Å². The molecule has 31 heavy (non-hydrogen) atoms. The second-order valence-electron chi connectivity index (χ2n) is 8.90. The second kappa shape index (κ2) is 16.2. The van der Waals surface area contributed by atoms with Gasteiger partial charge in [0.15, 0.2) is 0 Å². The second-order valence-corrected chi connectivity index (χ2v) is 8.90. The van der Waals surface area contributed by atoms with Gasteiger partial charge < -0.3 is 10.5 Å². The highest BCUT2D eigenvalue weighted by Crippen LogP contribution is 2.27.